The van der Waals surface area contributed by atoms with Gasteiger partial charge in [0.2, 0.25) is 5.91 Å². The molecule has 1 saturated heterocycles. The maximum Gasteiger partial charge on any atom is 0.227 e. The monoisotopic (exact) mass is 365 g/mol. The summed E-state index contributed by atoms with van der Waals surface area (Å²) in [5.74, 6) is 0.763. The van der Waals surface area contributed by atoms with E-state index in [2.05, 4.69) is 12.0 Å². The SMILES string of the molecule is Cc1nn(-c2ccc(Cl)cc2Cl)c(C)c1CC(=O)N1CCC(C)C1. The second kappa shape index (κ2) is 6.77. The maximum atomic E-state index is 12.6. The lowest BCUT2D eigenvalue weighted by atomic mass is 10.1. The zero-order valence-corrected chi connectivity index (χ0v) is 15.7. The van der Waals surface area contributed by atoms with Gasteiger partial charge in [0.25, 0.3) is 0 Å². The molecule has 2 heterocycles. The molecule has 0 bridgehead atoms. The number of benzene rings is 1. The molecule has 1 aromatic heterocycles. The minimum atomic E-state index is 0.173. The van der Waals surface area contributed by atoms with E-state index < -0.39 is 0 Å². The zero-order chi connectivity index (χ0) is 17.4. The number of halogens is 2. The average molecular weight is 366 g/mol. The topological polar surface area (TPSA) is 38.1 Å². The van der Waals surface area contributed by atoms with Crippen LogP contribution in [0.4, 0.5) is 0 Å². The first-order valence-electron chi connectivity index (χ1n) is 8.15. The molecular formula is C18H21Cl2N3O. The molecule has 128 valence electrons. The first-order chi connectivity index (χ1) is 11.4. The summed E-state index contributed by atoms with van der Waals surface area (Å²) in [6.45, 7) is 7.80. The van der Waals surface area contributed by atoms with E-state index in [1.165, 1.54) is 0 Å². The fourth-order valence-electron chi connectivity index (χ4n) is 3.24. The van der Waals surface area contributed by atoms with Gasteiger partial charge in [-0.3, -0.25) is 4.79 Å². The Morgan fingerprint density at radius 2 is 2.08 bits per heavy atom. The van der Waals surface area contributed by atoms with E-state index >= 15 is 0 Å². The number of amides is 1. The molecule has 4 nitrogen and oxygen atoms in total. The summed E-state index contributed by atoms with van der Waals surface area (Å²) < 4.78 is 1.79. The van der Waals surface area contributed by atoms with E-state index in [1.807, 2.05) is 24.8 Å². The molecule has 1 aliphatic rings. The third kappa shape index (κ3) is 3.31. The van der Waals surface area contributed by atoms with Crippen molar-refractivity contribution in [1.82, 2.24) is 14.7 Å². The number of rotatable bonds is 3. The minimum Gasteiger partial charge on any atom is -0.342 e. The Morgan fingerprint density at radius 1 is 1.33 bits per heavy atom. The van der Waals surface area contributed by atoms with Crippen molar-refractivity contribution in [2.45, 2.75) is 33.6 Å². The quantitative estimate of drug-likeness (QED) is 0.816. The molecule has 6 heteroatoms. The minimum absolute atomic E-state index is 0.173. The molecule has 0 radical (unpaired) electrons. The van der Waals surface area contributed by atoms with Gasteiger partial charge in [-0.1, -0.05) is 30.1 Å². The number of carbonyl (C=O) groups is 1. The molecule has 3 rings (SSSR count). The van der Waals surface area contributed by atoms with Crippen LogP contribution in [0.15, 0.2) is 18.2 Å². The highest BCUT2D eigenvalue weighted by Gasteiger charge is 2.25. The third-order valence-corrected chi connectivity index (χ3v) is 5.22. The van der Waals surface area contributed by atoms with Gasteiger partial charge in [0.1, 0.15) is 0 Å². The van der Waals surface area contributed by atoms with Gasteiger partial charge in [-0.05, 0) is 44.4 Å². The number of aryl methyl sites for hydroxylation is 1. The first kappa shape index (κ1) is 17.3. The lowest BCUT2D eigenvalue weighted by molar-refractivity contribution is -0.129. The maximum absolute atomic E-state index is 12.6. The van der Waals surface area contributed by atoms with Crippen LogP contribution < -0.4 is 0 Å². The van der Waals surface area contributed by atoms with E-state index in [0.717, 1.165) is 42.1 Å². The molecule has 0 saturated carbocycles. The van der Waals surface area contributed by atoms with Crippen LogP contribution in [0.1, 0.15) is 30.3 Å². The lowest BCUT2D eigenvalue weighted by Gasteiger charge is -2.16. The second-order valence-corrected chi connectivity index (χ2v) is 7.41. The first-order valence-corrected chi connectivity index (χ1v) is 8.90. The Balaban J connectivity index is 1.88. The van der Waals surface area contributed by atoms with Crippen molar-refractivity contribution in [3.8, 4) is 5.69 Å². The van der Waals surface area contributed by atoms with Crippen LogP contribution in [-0.2, 0) is 11.2 Å². The molecule has 2 aromatic rings. The smallest absolute Gasteiger partial charge is 0.227 e. The average Bonchev–Trinajstić information content (AvgIpc) is 3.06. The molecule has 1 unspecified atom stereocenters. The molecule has 0 aliphatic carbocycles. The summed E-state index contributed by atoms with van der Waals surface area (Å²) in [5, 5.41) is 5.71. The fraction of sp³-hybridized carbons (Fsp3) is 0.444. The summed E-state index contributed by atoms with van der Waals surface area (Å²) in [7, 11) is 0. The number of hydrogen-bond acceptors (Lipinski definition) is 2. The Kier molecular flexibility index (Phi) is 4.88. The highest BCUT2D eigenvalue weighted by atomic mass is 35.5. The van der Waals surface area contributed by atoms with Crippen LogP contribution in [0.3, 0.4) is 0 Å². The third-order valence-electron chi connectivity index (χ3n) is 4.68. The normalized spacial score (nSPS) is 17.5. The Hall–Kier alpha value is -1.52. The van der Waals surface area contributed by atoms with Crippen molar-refractivity contribution in [2.24, 2.45) is 5.92 Å². The Labute approximate surface area is 152 Å². The predicted molar refractivity (Wildman–Crippen MR) is 97.1 cm³/mol. The molecule has 1 amide bonds. The van der Waals surface area contributed by atoms with Gasteiger partial charge in [0.15, 0.2) is 0 Å². The number of carbonyl (C=O) groups excluding carboxylic acids is 1. The molecule has 0 N–H and O–H groups in total. The van der Waals surface area contributed by atoms with Gasteiger partial charge >= 0.3 is 0 Å². The summed E-state index contributed by atoms with van der Waals surface area (Å²) in [4.78, 5) is 14.5. The highest BCUT2D eigenvalue weighted by molar-refractivity contribution is 6.35. The van der Waals surface area contributed by atoms with Crippen LogP contribution in [-0.4, -0.2) is 33.7 Å². The summed E-state index contributed by atoms with van der Waals surface area (Å²) in [5.41, 5.74) is 3.55. The van der Waals surface area contributed by atoms with Crippen molar-refractivity contribution in [3.63, 3.8) is 0 Å². The standard InChI is InChI=1S/C18H21Cl2N3O/c1-11-6-7-22(10-11)18(24)9-15-12(2)21-23(13(15)3)17-5-4-14(19)8-16(17)20/h4-5,8,11H,6-7,9-10H2,1-3H3. The molecule has 0 spiro atoms. The van der Waals surface area contributed by atoms with Gasteiger partial charge in [0.05, 0.1) is 22.8 Å². The van der Waals surface area contributed by atoms with E-state index in [1.54, 1.807) is 16.8 Å². The van der Waals surface area contributed by atoms with Crippen LogP contribution in [0.2, 0.25) is 10.0 Å². The number of nitrogens with zero attached hydrogens (tertiary/aromatic N) is 3. The zero-order valence-electron chi connectivity index (χ0n) is 14.1. The van der Waals surface area contributed by atoms with Crippen LogP contribution in [0.25, 0.3) is 5.69 Å². The molecule has 1 aliphatic heterocycles. The van der Waals surface area contributed by atoms with Crippen LogP contribution in [0, 0.1) is 19.8 Å². The largest absolute Gasteiger partial charge is 0.342 e. The van der Waals surface area contributed by atoms with E-state index in [4.69, 9.17) is 23.2 Å². The molecule has 1 fully saturated rings. The molecular weight excluding hydrogens is 345 g/mol. The van der Waals surface area contributed by atoms with Crippen molar-refractivity contribution >= 4 is 29.1 Å². The van der Waals surface area contributed by atoms with E-state index in [-0.39, 0.29) is 5.91 Å². The van der Waals surface area contributed by atoms with Gasteiger partial charge < -0.3 is 4.90 Å². The van der Waals surface area contributed by atoms with Gasteiger partial charge in [-0.2, -0.15) is 5.10 Å². The predicted octanol–water partition coefficient (Wildman–Crippen LogP) is 4.21. The summed E-state index contributed by atoms with van der Waals surface area (Å²) in [6.07, 6.45) is 1.47. The van der Waals surface area contributed by atoms with E-state index in [0.29, 0.717) is 22.4 Å². The summed E-state index contributed by atoms with van der Waals surface area (Å²) >= 11 is 12.3. The molecule has 24 heavy (non-hydrogen) atoms. The molecule has 1 aromatic carbocycles. The van der Waals surface area contributed by atoms with Crippen molar-refractivity contribution < 1.29 is 4.79 Å². The Morgan fingerprint density at radius 3 is 2.71 bits per heavy atom. The van der Waals surface area contributed by atoms with Gasteiger partial charge in [-0.15, -0.1) is 0 Å². The number of aromatic nitrogens is 2. The number of hydrogen-bond donors (Lipinski definition) is 0. The van der Waals surface area contributed by atoms with Crippen molar-refractivity contribution in [1.29, 1.82) is 0 Å². The Bertz CT molecular complexity index is 785. The van der Waals surface area contributed by atoms with Gasteiger partial charge in [0, 0.05) is 29.4 Å². The van der Waals surface area contributed by atoms with Crippen LogP contribution >= 0.6 is 23.2 Å². The van der Waals surface area contributed by atoms with Gasteiger partial charge in [-0.25, -0.2) is 4.68 Å². The highest BCUT2D eigenvalue weighted by Crippen LogP contribution is 2.27. The fourth-order valence-corrected chi connectivity index (χ4v) is 3.73. The second-order valence-electron chi connectivity index (χ2n) is 6.57. The van der Waals surface area contributed by atoms with Crippen molar-refractivity contribution in [3.05, 3.63) is 45.2 Å². The van der Waals surface area contributed by atoms with Crippen LogP contribution in [0.5, 0.6) is 0 Å². The number of likely N-dealkylation sites (tertiary alicyclic amines) is 1. The lowest BCUT2D eigenvalue weighted by Crippen LogP contribution is -2.30. The van der Waals surface area contributed by atoms with Crippen molar-refractivity contribution in [2.75, 3.05) is 13.1 Å². The van der Waals surface area contributed by atoms with E-state index in [9.17, 15) is 4.79 Å². The molecule has 1 atom stereocenters. The summed E-state index contributed by atoms with van der Waals surface area (Å²) in [6, 6.07) is 5.33.